The molecule has 25 heavy (non-hydrogen) atoms. The standard InChI is InChI=1S/C17H19ClN2O4S/c1-12-9-15(7-8-16(12)24-3)25(22,23)20(2)11-17(21)19-14-6-4-5-13(18)10-14/h4-10H,11H2,1-3H3,(H,19,21). The lowest BCUT2D eigenvalue weighted by Crippen LogP contribution is -2.35. The zero-order valence-electron chi connectivity index (χ0n) is 14.1. The van der Waals surface area contributed by atoms with E-state index in [1.54, 1.807) is 37.3 Å². The van der Waals surface area contributed by atoms with E-state index in [9.17, 15) is 13.2 Å². The zero-order chi connectivity index (χ0) is 18.6. The summed E-state index contributed by atoms with van der Waals surface area (Å²) in [6, 6.07) is 11.2. The number of halogens is 1. The number of nitrogens with zero attached hydrogens (tertiary/aromatic N) is 1. The number of ether oxygens (including phenoxy) is 1. The maximum absolute atomic E-state index is 12.6. The number of hydrogen-bond acceptors (Lipinski definition) is 4. The van der Waals surface area contributed by atoms with Crippen molar-refractivity contribution in [2.75, 3.05) is 26.0 Å². The van der Waals surface area contributed by atoms with Crippen molar-refractivity contribution in [1.29, 1.82) is 0 Å². The Balaban J connectivity index is 2.11. The van der Waals surface area contributed by atoms with Crippen LogP contribution in [0, 0.1) is 6.92 Å². The van der Waals surface area contributed by atoms with Crippen molar-refractivity contribution in [1.82, 2.24) is 4.31 Å². The van der Waals surface area contributed by atoms with E-state index in [1.165, 1.54) is 26.3 Å². The van der Waals surface area contributed by atoms with E-state index in [0.717, 1.165) is 4.31 Å². The Morgan fingerprint density at radius 1 is 1.24 bits per heavy atom. The molecule has 0 spiro atoms. The Morgan fingerprint density at radius 2 is 1.96 bits per heavy atom. The summed E-state index contributed by atoms with van der Waals surface area (Å²) in [4.78, 5) is 12.2. The summed E-state index contributed by atoms with van der Waals surface area (Å²) in [6.45, 7) is 1.43. The molecule has 0 saturated heterocycles. The second-order valence-corrected chi connectivity index (χ2v) is 7.93. The van der Waals surface area contributed by atoms with E-state index in [0.29, 0.717) is 22.0 Å². The zero-order valence-corrected chi connectivity index (χ0v) is 15.7. The van der Waals surface area contributed by atoms with E-state index in [2.05, 4.69) is 5.32 Å². The van der Waals surface area contributed by atoms with Gasteiger partial charge in [0.2, 0.25) is 15.9 Å². The highest BCUT2D eigenvalue weighted by atomic mass is 35.5. The summed E-state index contributed by atoms with van der Waals surface area (Å²) < 4.78 is 31.3. The molecule has 6 nitrogen and oxygen atoms in total. The van der Waals surface area contributed by atoms with Crippen LogP contribution in [0.4, 0.5) is 5.69 Å². The number of sulfonamides is 1. The van der Waals surface area contributed by atoms with E-state index < -0.39 is 15.9 Å². The van der Waals surface area contributed by atoms with Crippen LogP contribution in [0.15, 0.2) is 47.4 Å². The summed E-state index contributed by atoms with van der Waals surface area (Å²) in [7, 11) is -0.921. The third-order valence-corrected chi connectivity index (χ3v) is 5.58. The van der Waals surface area contributed by atoms with Gasteiger partial charge in [0.05, 0.1) is 18.6 Å². The second kappa shape index (κ2) is 7.86. The van der Waals surface area contributed by atoms with Gasteiger partial charge in [-0.15, -0.1) is 0 Å². The number of anilines is 1. The van der Waals surface area contributed by atoms with Gasteiger partial charge in [-0.2, -0.15) is 4.31 Å². The minimum atomic E-state index is -3.79. The van der Waals surface area contributed by atoms with Gasteiger partial charge in [-0.25, -0.2) is 8.42 Å². The van der Waals surface area contributed by atoms with Crippen LogP contribution in [0.3, 0.4) is 0 Å². The number of hydrogen-bond donors (Lipinski definition) is 1. The van der Waals surface area contributed by atoms with Crippen LogP contribution in [0.25, 0.3) is 0 Å². The van der Waals surface area contributed by atoms with Crippen LogP contribution in [0.1, 0.15) is 5.56 Å². The second-order valence-electron chi connectivity index (χ2n) is 5.45. The molecule has 0 aliphatic heterocycles. The molecule has 1 amide bonds. The molecule has 8 heteroatoms. The number of carbonyl (C=O) groups is 1. The Bertz CT molecular complexity index is 884. The Labute approximate surface area is 152 Å². The van der Waals surface area contributed by atoms with Gasteiger partial charge in [0, 0.05) is 17.8 Å². The van der Waals surface area contributed by atoms with Crippen molar-refractivity contribution < 1.29 is 17.9 Å². The number of nitrogens with one attached hydrogen (secondary N) is 1. The lowest BCUT2D eigenvalue weighted by atomic mass is 10.2. The van der Waals surface area contributed by atoms with Crippen molar-refractivity contribution in [3.8, 4) is 5.75 Å². The van der Waals surface area contributed by atoms with Gasteiger partial charge >= 0.3 is 0 Å². The summed E-state index contributed by atoms with van der Waals surface area (Å²) in [5.74, 6) is 0.138. The summed E-state index contributed by atoms with van der Waals surface area (Å²) >= 11 is 5.86. The molecule has 0 aromatic heterocycles. The van der Waals surface area contributed by atoms with Crippen LogP contribution < -0.4 is 10.1 Å². The van der Waals surface area contributed by atoms with Gasteiger partial charge < -0.3 is 10.1 Å². The number of amides is 1. The van der Waals surface area contributed by atoms with Gasteiger partial charge in [-0.1, -0.05) is 17.7 Å². The number of methoxy groups -OCH3 is 1. The van der Waals surface area contributed by atoms with E-state index in [-0.39, 0.29) is 11.4 Å². The molecule has 0 unspecified atom stereocenters. The van der Waals surface area contributed by atoms with Crippen LogP contribution in [-0.4, -0.2) is 39.3 Å². The Morgan fingerprint density at radius 3 is 2.56 bits per heavy atom. The number of rotatable bonds is 6. The molecule has 134 valence electrons. The van der Waals surface area contributed by atoms with Crippen molar-refractivity contribution in [3.05, 3.63) is 53.1 Å². The fourth-order valence-electron chi connectivity index (χ4n) is 2.25. The Kier molecular flexibility index (Phi) is 6.05. The molecule has 0 aliphatic rings. The quantitative estimate of drug-likeness (QED) is 0.833. The first kappa shape index (κ1) is 19.2. The molecule has 0 aliphatic carbocycles. The highest BCUT2D eigenvalue weighted by Gasteiger charge is 2.23. The third kappa shape index (κ3) is 4.72. The van der Waals surface area contributed by atoms with Crippen molar-refractivity contribution in [2.24, 2.45) is 0 Å². The predicted octanol–water partition coefficient (Wildman–Crippen LogP) is 2.92. The van der Waals surface area contributed by atoms with E-state index in [4.69, 9.17) is 16.3 Å². The number of aryl methyl sites for hydroxylation is 1. The average Bonchev–Trinajstić information content (AvgIpc) is 2.54. The first-order chi connectivity index (χ1) is 11.7. The van der Waals surface area contributed by atoms with Gasteiger partial charge in [-0.3, -0.25) is 4.79 Å². The third-order valence-electron chi connectivity index (χ3n) is 3.55. The molecular weight excluding hydrogens is 364 g/mol. The molecule has 2 aromatic rings. The van der Waals surface area contributed by atoms with E-state index >= 15 is 0 Å². The molecule has 0 fully saturated rings. The van der Waals surface area contributed by atoms with Crippen molar-refractivity contribution >= 4 is 33.2 Å². The number of likely N-dealkylation sites (N-methyl/N-ethyl adjacent to an activating group) is 1. The monoisotopic (exact) mass is 382 g/mol. The van der Waals surface area contributed by atoms with Crippen molar-refractivity contribution in [2.45, 2.75) is 11.8 Å². The fourth-order valence-corrected chi connectivity index (χ4v) is 3.65. The molecule has 0 radical (unpaired) electrons. The number of carbonyl (C=O) groups excluding carboxylic acids is 1. The molecule has 2 aromatic carbocycles. The van der Waals surface area contributed by atoms with Gasteiger partial charge in [0.25, 0.3) is 0 Å². The van der Waals surface area contributed by atoms with Crippen molar-refractivity contribution in [3.63, 3.8) is 0 Å². The summed E-state index contributed by atoms with van der Waals surface area (Å²) in [5, 5.41) is 3.10. The summed E-state index contributed by atoms with van der Waals surface area (Å²) in [6.07, 6.45) is 0. The minimum Gasteiger partial charge on any atom is -0.496 e. The van der Waals surface area contributed by atoms with Crippen LogP contribution in [-0.2, 0) is 14.8 Å². The molecular formula is C17H19ClN2O4S. The molecule has 2 rings (SSSR count). The fraction of sp³-hybridized carbons (Fsp3) is 0.235. The summed E-state index contributed by atoms with van der Waals surface area (Å²) in [5.41, 5.74) is 1.20. The van der Waals surface area contributed by atoms with Crippen LogP contribution >= 0.6 is 11.6 Å². The maximum Gasteiger partial charge on any atom is 0.243 e. The lowest BCUT2D eigenvalue weighted by molar-refractivity contribution is -0.116. The van der Waals surface area contributed by atoms with Gasteiger partial charge in [0.1, 0.15) is 5.75 Å². The molecule has 0 heterocycles. The molecule has 0 saturated carbocycles. The topological polar surface area (TPSA) is 75.7 Å². The largest absolute Gasteiger partial charge is 0.496 e. The minimum absolute atomic E-state index is 0.101. The highest BCUT2D eigenvalue weighted by molar-refractivity contribution is 7.89. The highest BCUT2D eigenvalue weighted by Crippen LogP contribution is 2.23. The predicted molar refractivity (Wildman–Crippen MR) is 97.6 cm³/mol. The Hall–Kier alpha value is -2.09. The average molecular weight is 383 g/mol. The molecule has 0 bridgehead atoms. The first-order valence-corrected chi connectivity index (χ1v) is 9.22. The van der Waals surface area contributed by atoms with Crippen LogP contribution in [0.2, 0.25) is 5.02 Å². The molecule has 0 atom stereocenters. The molecule has 1 N–H and O–H groups in total. The normalized spacial score (nSPS) is 11.4. The smallest absolute Gasteiger partial charge is 0.243 e. The lowest BCUT2D eigenvalue weighted by Gasteiger charge is -2.18. The van der Waals surface area contributed by atoms with Gasteiger partial charge in [-0.05, 0) is 48.9 Å². The number of benzene rings is 2. The van der Waals surface area contributed by atoms with E-state index in [1.807, 2.05) is 0 Å². The van der Waals surface area contributed by atoms with Gasteiger partial charge in [0.15, 0.2) is 0 Å². The SMILES string of the molecule is COc1ccc(S(=O)(=O)N(C)CC(=O)Nc2cccc(Cl)c2)cc1C. The maximum atomic E-state index is 12.6. The van der Waals surface area contributed by atoms with Crippen LogP contribution in [0.5, 0.6) is 5.75 Å². The first-order valence-electron chi connectivity index (χ1n) is 7.40.